The van der Waals surface area contributed by atoms with Gasteiger partial charge in [0.25, 0.3) is 15.3 Å². The first-order chi connectivity index (χ1) is 8.30. The van der Waals surface area contributed by atoms with E-state index in [9.17, 15) is 13.2 Å². The van der Waals surface area contributed by atoms with Gasteiger partial charge in [-0.1, -0.05) is 11.6 Å². The molecule has 0 heterocycles. The largest absolute Gasteiger partial charge is 0.323 e. The van der Waals surface area contributed by atoms with Crippen molar-refractivity contribution in [2.45, 2.75) is 4.90 Å². The highest BCUT2D eigenvalue weighted by Gasteiger charge is 2.17. The fourth-order valence-corrected chi connectivity index (χ4v) is 2.15. The number of hydrogen-bond acceptors (Lipinski definition) is 4. The summed E-state index contributed by atoms with van der Waals surface area (Å²) in [6.07, 6.45) is 0. The third-order valence-corrected chi connectivity index (χ3v) is 3.50. The molecule has 0 aromatic heterocycles. The van der Waals surface area contributed by atoms with E-state index < -0.39 is 15.3 Å². The minimum atomic E-state index is -3.91. The van der Waals surface area contributed by atoms with Gasteiger partial charge in [-0.15, -0.1) is 0 Å². The average molecular weight is 311 g/mol. The van der Waals surface area contributed by atoms with E-state index >= 15 is 0 Å². The molecule has 0 radical (unpaired) electrons. The molecule has 5 nitrogen and oxygen atoms in total. The Morgan fingerprint density at radius 1 is 1.39 bits per heavy atom. The van der Waals surface area contributed by atoms with Crippen molar-refractivity contribution >= 4 is 45.2 Å². The Labute approximate surface area is 116 Å². The highest BCUT2D eigenvalue weighted by Crippen LogP contribution is 2.24. The molecule has 1 aromatic rings. The molecule has 8 heteroatoms. The summed E-state index contributed by atoms with van der Waals surface area (Å²) in [5.41, 5.74) is 0.0308. The van der Waals surface area contributed by atoms with Crippen molar-refractivity contribution < 1.29 is 13.2 Å². The molecule has 0 spiro atoms. The minimum Gasteiger partial charge on any atom is -0.323 e. The molecule has 0 bridgehead atoms. The van der Waals surface area contributed by atoms with E-state index in [-0.39, 0.29) is 15.5 Å². The minimum absolute atomic E-state index is 0.0308. The van der Waals surface area contributed by atoms with E-state index in [1.54, 1.807) is 0 Å². The number of carbonyl (C=O) groups excluding carboxylic acids is 1. The maximum Gasteiger partial charge on any atom is 0.283 e. The second kappa shape index (κ2) is 7.48. The smallest absolute Gasteiger partial charge is 0.283 e. The zero-order chi connectivity index (χ0) is 14.3. The van der Waals surface area contributed by atoms with Gasteiger partial charge < -0.3 is 5.32 Å². The third kappa shape index (κ3) is 4.73. The van der Waals surface area contributed by atoms with Gasteiger partial charge in [0.15, 0.2) is 0 Å². The second-order valence-corrected chi connectivity index (χ2v) is 5.42. The van der Waals surface area contributed by atoms with E-state index in [0.717, 1.165) is 6.07 Å². The van der Waals surface area contributed by atoms with Crippen LogP contribution in [0.3, 0.4) is 0 Å². The van der Waals surface area contributed by atoms with Gasteiger partial charge in [0.1, 0.15) is 4.90 Å². The van der Waals surface area contributed by atoms with Crippen molar-refractivity contribution in [2.24, 2.45) is 4.40 Å². The molecule has 0 aliphatic carbocycles. The van der Waals surface area contributed by atoms with Crippen molar-refractivity contribution in [1.29, 1.82) is 0 Å². The molecule has 1 rings (SSSR count). The van der Waals surface area contributed by atoms with Crippen LogP contribution in [0.5, 0.6) is 0 Å². The van der Waals surface area contributed by atoms with Crippen molar-refractivity contribution in [3.05, 3.63) is 28.8 Å². The standard InChI is InChI=1S/C8H5Cl2NO3S.C2H7N/c1-11-15(13,14)7-4-5(8(10)12)2-3-6(7)9;1-3-2/h2-4H,1H2;3H,1-2H3. The van der Waals surface area contributed by atoms with Crippen molar-refractivity contribution in [3.8, 4) is 0 Å². The SMILES string of the molecule is C=NS(=O)(=O)c1cc(C(=O)Cl)ccc1Cl.CNC. The first kappa shape index (κ1) is 17.1. The van der Waals surface area contributed by atoms with Gasteiger partial charge in [0.05, 0.1) is 5.02 Å². The van der Waals surface area contributed by atoms with E-state index in [2.05, 4.69) is 16.4 Å². The Bertz CT molecular complexity index is 544. The number of nitrogens with one attached hydrogen (secondary N) is 1. The van der Waals surface area contributed by atoms with Crippen LogP contribution in [0.4, 0.5) is 0 Å². The summed E-state index contributed by atoms with van der Waals surface area (Å²) in [6, 6.07) is 3.64. The van der Waals surface area contributed by atoms with Crippen molar-refractivity contribution in [2.75, 3.05) is 14.1 Å². The van der Waals surface area contributed by atoms with Crippen LogP contribution in [0.2, 0.25) is 5.02 Å². The van der Waals surface area contributed by atoms with Crippen LogP contribution in [0, 0.1) is 0 Å². The summed E-state index contributed by atoms with van der Waals surface area (Å²) in [4.78, 5) is 10.5. The first-order valence-electron chi connectivity index (χ1n) is 4.61. The summed E-state index contributed by atoms with van der Waals surface area (Å²) in [5.74, 6) is 0. The Balaban J connectivity index is 0.000000873. The average Bonchev–Trinajstić information content (AvgIpc) is 2.30. The Kier molecular flexibility index (Phi) is 7.08. The molecule has 100 valence electrons. The maximum atomic E-state index is 11.3. The molecule has 0 fully saturated rings. The van der Waals surface area contributed by atoms with Gasteiger partial charge in [-0.2, -0.15) is 12.8 Å². The number of hydrogen-bond donors (Lipinski definition) is 1. The van der Waals surface area contributed by atoms with Gasteiger partial charge >= 0.3 is 0 Å². The van der Waals surface area contributed by atoms with Gasteiger partial charge in [-0.25, -0.2) is 0 Å². The first-order valence-corrected chi connectivity index (χ1v) is 6.80. The van der Waals surface area contributed by atoms with Crippen LogP contribution < -0.4 is 5.32 Å². The summed E-state index contributed by atoms with van der Waals surface area (Å²) in [7, 11) is -0.164. The van der Waals surface area contributed by atoms with E-state index in [1.807, 2.05) is 14.1 Å². The summed E-state index contributed by atoms with van der Waals surface area (Å²) in [5, 5.41) is 1.94. The predicted octanol–water partition coefficient (Wildman–Crippen LogP) is 1.94. The van der Waals surface area contributed by atoms with E-state index in [4.69, 9.17) is 23.2 Å². The summed E-state index contributed by atoms with van der Waals surface area (Å²) < 4.78 is 25.6. The lowest BCUT2D eigenvalue weighted by Gasteiger charge is -2.02. The fraction of sp³-hybridized carbons (Fsp3) is 0.200. The van der Waals surface area contributed by atoms with Gasteiger partial charge in [-0.3, -0.25) is 4.79 Å². The number of carbonyl (C=O) groups is 1. The lowest BCUT2D eigenvalue weighted by molar-refractivity contribution is 0.108. The molecule has 0 saturated heterocycles. The summed E-state index contributed by atoms with van der Waals surface area (Å²) >= 11 is 10.8. The van der Waals surface area contributed by atoms with Crippen LogP contribution in [-0.2, 0) is 10.0 Å². The molecule has 0 saturated carbocycles. The van der Waals surface area contributed by atoms with Gasteiger partial charge in [0.2, 0.25) is 0 Å². The normalized spacial score (nSPS) is 10.2. The number of benzene rings is 1. The third-order valence-electron chi connectivity index (χ3n) is 1.61. The molecule has 0 atom stereocenters. The molecule has 1 aromatic carbocycles. The van der Waals surface area contributed by atoms with Crippen LogP contribution in [0.25, 0.3) is 0 Å². The monoisotopic (exact) mass is 310 g/mol. The van der Waals surface area contributed by atoms with E-state index in [0.29, 0.717) is 0 Å². The number of nitrogens with zero attached hydrogens (tertiary/aromatic N) is 1. The highest BCUT2D eigenvalue weighted by molar-refractivity contribution is 7.90. The zero-order valence-electron chi connectivity index (χ0n) is 9.78. The molecule has 0 amide bonds. The Morgan fingerprint density at radius 3 is 2.28 bits per heavy atom. The quantitative estimate of drug-likeness (QED) is 0.684. The zero-order valence-corrected chi connectivity index (χ0v) is 12.1. The molecule has 1 N–H and O–H groups in total. The number of halogens is 2. The predicted molar refractivity (Wildman–Crippen MR) is 73.4 cm³/mol. The van der Waals surface area contributed by atoms with Crippen molar-refractivity contribution in [3.63, 3.8) is 0 Å². The molecule has 0 unspecified atom stereocenters. The fourth-order valence-electron chi connectivity index (χ4n) is 0.893. The lowest BCUT2D eigenvalue weighted by Crippen LogP contribution is -1.99. The molecule has 18 heavy (non-hydrogen) atoms. The number of rotatable bonds is 3. The van der Waals surface area contributed by atoms with Crippen molar-refractivity contribution in [1.82, 2.24) is 5.32 Å². The van der Waals surface area contributed by atoms with E-state index in [1.165, 1.54) is 12.1 Å². The summed E-state index contributed by atoms with van der Waals surface area (Å²) in [6.45, 7) is 2.91. The van der Waals surface area contributed by atoms with Gasteiger partial charge in [0, 0.05) is 12.3 Å². The molecular formula is C10H12Cl2N2O3S. The van der Waals surface area contributed by atoms with Crippen LogP contribution in [0.15, 0.2) is 27.5 Å². The van der Waals surface area contributed by atoms with Gasteiger partial charge in [-0.05, 0) is 43.9 Å². The Hall–Kier alpha value is -0.950. The highest BCUT2D eigenvalue weighted by atomic mass is 35.5. The topological polar surface area (TPSA) is 75.6 Å². The Morgan fingerprint density at radius 2 is 1.89 bits per heavy atom. The van der Waals surface area contributed by atoms with Crippen LogP contribution in [0.1, 0.15) is 10.4 Å². The molecule has 0 aliphatic heterocycles. The molecular weight excluding hydrogens is 299 g/mol. The maximum absolute atomic E-state index is 11.3. The van der Waals surface area contributed by atoms with Crippen LogP contribution >= 0.6 is 23.2 Å². The lowest BCUT2D eigenvalue weighted by atomic mass is 10.2. The molecule has 0 aliphatic rings. The van der Waals surface area contributed by atoms with Crippen LogP contribution in [-0.4, -0.2) is 34.5 Å². The second-order valence-electron chi connectivity index (χ2n) is 3.02. The number of sulfonamides is 1.